The first-order valence-corrected chi connectivity index (χ1v) is 15.9. The Kier molecular flexibility index (Phi) is 9.27. The first-order chi connectivity index (χ1) is 23.1. The maximum Gasteiger partial charge on any atom is 0.141 e. The van der Waals surface area contributed by atoms with E-state index < -0.39 is 0 Å². The molecule has 6 aromatic rings. The summed E-state index contributed by atoms with van der Waals surface area (Å²) in [6.07, 6.45) is 9.40. The number of benzene rings is 3. The van der Waals surface area contributed by atoms with Crippen LogP contribution in [-0.2, 0) is 19.7 Å². The van der Waals surface area contributed by atoms with Crippen LogP contribution in [0.1, 0.15) is 29.7 Å². The van der Waals surface area contributed by atoms with Crippen LogP contribution in [0.15, 0.2) is 97.7 Å². The smallest absolute Gasteiger partial charge is 0.141 e. The quantitative estimate of drug-likeness (QED) is 0.163. The fraction of sp³-hybridized carbons (Fsp3) is 0.229. The van der Waals surface area contributed by atoms with Gasteiger partial charge in [-0.3, -0.25) is 9.88 Å². The number of likely N-dealkylation sites (tertiary alicyclic amines) is 1. The summed E-state index contributed by atoms with van der Waals surface area (Å²) in [6.45, 7) is 3.90. The number of anilines is 2. The molecule has 4 heterocycles. The van der Waals surface area contributed by atoms with E-state index in [1.807, 2.05) is 48.9 Å². The Morgan fingerprint density at radius 3 is 2.68 bits per heavy atom. The van der Waals surface area contributed by atoms with Crippen LogP contribution < -0.4 is 15.4 Å². The molecule has 7 rings (SSSR count). The third kappa shape index (κ3) is 7.71. The Hall–Kier alpha value is -4.97. The average Bonchev–Trinajstić information content (AvgIpc) is 3.57. The second kappa shape index (κ2) is 14.2. The lowest BCUT2D eigenvalue weighted by molar-refractivity contribution is 0.189. The second-order valence-electron chi connectivity index (χ2n) is 11.6. The number of nitrogens with zero attached hydrogens (tertiary/aromatic N) is 7. The van der Waals surface area contributed by atoms with Crippen molar-refractivity contribution in [2.75, 3.05) is 18.4 Å². The number of hydrogen-bond acceptors (Lipinski definition) is 9. The zero-order chi connectivity index (χ0) is 32.0. The van der Waals surface area contributed by atoms with Crippen LogP contribution in [0, 0.1) is 5.82 Å². The first-order valence-electron chi connectivity index (χ1n) is 15.5. The third-order valence-electron chi connectivity index (χ3n) is 8.19. The second-order valence-corrected chi connectivity index (χ2v) is 12.0. The molecule has 0 spiro atoms. The van der Waals surface area contributed by atoms with Gasteiger partial charge in [-0.15, -0.1) is 5.10 Å². The number of piperidine rings is 1. The van der Waals surface area contributed by atoms with Gasteiger partial charge in [0, 0.05) is 42.6 Å². The van der Waals surface area contributed by atoms with Gasteiger partial charge >= 0.3 is 0 Å². The lowest BCUT2D eigenvalue weighted by Crippen LogP contribution is -2.41. The van der Waals surface area contributed by atoms with E-state index in [2.05, 4.69) is 46.9 Å². The van der Waals surface area contributed by atoms with E-state index in [0.29, 0.717) is 29.2 Å². The SMILES string of the molecule is Fc1cccc(COc2ccc(Nc3ncnc4ccc(-n5cc(CNC6CCN(Cc7cccnc7)CC6)nn5)cc34)cc2Cl)c1. The molecule has 1 saturated heterocycles. The number of aromatic nitrogens is 6. The van der Waals surface area contributed by atoms with Gasteiger partial charge in [-0.2, -0.15) is 0 Å². The van der Waals surface area contributed by atoms with Crippen molar-refractivity contribution in [3.63, 3.8) is 0 Å². The van der Waals surface area contributed by atoms with Crippen LogP contribution in [0.4, 0.5) is 15.9 Å². The minimum atomic E-state index is -0.307. The summed E-state index contributed by atoms with van der Waals surface area (Å²) in [4.78, 5) is 15.6. The van der Waals surface area contributed by atoms with Crippen LogP contribution in [0.2, 0.25) is 5.02 Å². The molecule has 3 aromatic heterocycles. The summed E-state index contributed by atoms with van der Waals surface area (Å²) < 4.78 is 21.1. The third-order valence-corrected chi connectivity index (χ3v) is 8.49. The van der Waals surface area contributed by atoms with Crippen LogP contribution in [0.3, 0.4) is 0 Å². The van der Waals surface area contributed by atoms with Crippen molar-refractivity contribution < 1.29 is 9.13 Å². The van der Waals surface area contributed by atoms with Gasteiger partial charge in [0.25, 0.3) is 0 Å². The predicted octanol–water partition coefficient (Wildman–Crippen LogP) is 6.47. The molecule has 2 N–H and O–H groups in total. The van der Waals surface area contributed by atoms with Crippen molar-refractivity contribution in [3.8, 4) is 11.4 Å². The molecule has 1 fully saturated rings. The van der Waals surface area contributed by atoms with Gasteiger partial charge in [0.2, 0.25) is 0 Å². The standard InChI is InChI=1S/C35H33ClFN9O/c36-32-16-28(6-9-34(32)47-22-24-3-1-5-26(37)15-24)42-35-31-17-30(7-8-33(31)40-23-41-35)46-21-29(43-44-46)19-39-27-10-13-45(14-11-27)20-25-4-2-12-38-18-25/h1-9,12,15-18,21,23,27,39H,10-11,13-14,19-20,22H2,(H,40,41,42). The average molecular weight is 650 g/mol. The highest BCUT2D eigenvalue weighted by atomic mass is 35.5. The Morgan fingerprint density at radius 2 is 1.85 bits per heavy atom. The summed E-state index contributed by atoms with van der Waals surface area (Å²) in [5, 5.41) is 17.1. The molecule has 1 aliphatic heterocycles. The molecule has 1 aliphatic rings. The zero-order valence-corrected chi connectivity index (χ0v) is 26.3. The Balaban J connectivity index is 0.972. The van der Waals surface area contributed by atoms with Crippen LogP contribution >= 0.6 is 11.6 Å². The molecule has 10 nitrogen and oxygen atoms in total. The van der Waals surface area contributed by atoms with E-state index >= 15 is 0 Å². The monoisotopic (exact) mass is 649 g/mol. The lowest BCUT2D eigenvalue weighted by atomic mass is 10.0. The van der Waals surface area contributed by atoms with E-state index in [1.165, 1.54) is 24.0 Å². The van der Waals surface area contributed by atoms with E-state index in [4.69, 9.17) is 16.3 Å². The van der Waals surface area contributed by atoms with Gasteiger partial charge in [-0.05, 0) is 91.7 Å². The van der Waals surface area contributed by atoms with Gasteiger partial charge in [-0.1, -0.05) is 35.0 Å². The van der Waals surface area contributed by atoms with Gasteiger partial charge in [-0.25, -0.2) is 19.0 Å². The first kappa shape index (κ1) is 30.7. The number of halogens is 2. The van der Waals surface area contributed by atoms with Gasteiger partial charge in [0.05, 0.1) is 28.1 Å². The molecule has 0 amide bonds. The van der Waals surface area contributed by atoms with Crippen LogP contribution in [0.25, 0.3) is 16.6 Å². The largest absolute Gasteiger partial charge is 0.487 e. The van der Waals surface area contributed by atoms with E-state index in [0.717, 1.165) is 66.0 Å². The molecule has 238 valence electrons. The van der Waals surface area contributed by atoms with Crippen molar-refractivity contribution in [2.24, 2.45) is 0 Å². The predicted molar refractivity (Wildman–Crippen MR) is 179 cm³/mol. The molecule has 0 atom stereocenters. The number of rotatable bonds is 11. The van der Waals surface area contributed by atoms with E-state index in [-0.39, 0.29) is 12.4 Å². The summed E-state index contributed by atoms with van der Waals surface area (Å²) >= 11 is 6.53. The van der Waals surface area contributed by atoms with Crippen LogP contribution in [-0.4, -0.2) is 54.0 Å². The summed E-state index contributed by atoms with van der Waals surface area (Å²) in [5.74, 6) is 0.815. The maximum atomic E-state index is 13.5. The number of ether oxygens (including phenoxy) is 1. The number of fused-ring (bicyclic) bond motifs is 1. The van der Waals surface area contributed by atoms with Crippen molar-refractivity contribution in [2.45, 2.75) is 38.6 Å². The molecular formula is C35H33ClFN9O. The highest BCUT2D eigenvalue weighted by Crippen LogP contribution is 2.31. The minimum absolute atomic E-state index is 0.205. The molecule has 47 heavy (non-hydrogen) atoms. The number of pyridine rings is 1. The van der Waals surface area contributed by atoms with Crippen molar-refractivity contribution in [1.82, 2.24) is 40.2 Å². The maximum absolute atomic E-state index is 13.5. The summed E-state index contributed by atoms with van der Waals surface area (Å²) in [5.41, 5.74) is 5.20. The van der Waals surface area contributed by atoms with Gasteiger partial charge < -0.3 is 15.4 Å². The molecule has 0 aliphatic carbocycles. The fourth-order valence-electron chi connectivity index (χ4n) is 5.71. The Labute approximate surface area is 276 Å². The van der Waals surface area contributed by atoms with E-state index in [1.54, 1.807) is 28.9 Å². The topological polar surface area (TPSA) is 106 Å². The molecule has 0 unspecified atom stereocenters. The molecule has 3 aromatic carbocycles. The minimum Gasteiger partial charge on any atom is -0.487 e. The van der Waals surface area contributed by atoms with Crippen molar-refractivity contribution in [1.29, 1.82) is 0 Å². The van der Waals surface area contributed by atoms with E-state index in [9.17, 15) is 4.39 Å². The summed E-state index contributed by atoms with van der Waals surface area (Å²) in [6, 6.07) is 22.1. The molecule has 0 radical (unpaired) electrons. The molecule has 12 heteroatoms. The summed E-state index contributed by atoms with van der Waals surface area (Å²) in [7, 11) is 0. The van der Waals surface area contributed by atoms with Gasteiger partial charge in [0.15, 0.2) is 0 Å². The molecule has 0 saturated carbocycles. The normalized spacial score (nSPS) is 14.0. The number of nitrogens with one attached hydrogen (secondary N) is 2. The zero-order valence-electron chi connectivity index (χ0n) is 25.6. The Morgan fingerprint density at radius 1 is 0.957 bits per heavy atom. The molecular weight excluding hydrogens is 617 g/mol. The number of hydrogen-bond donors (Lipinski definition) is 2. The lowest BCUT2D eigenvalue weighted by Gasteiger charge is -2.32. The van der Waals surface area contributed by atoms with Crippen LogP contribution in [0.5, 0.6) is 5.75 Å². The van der Waals surface area contributed by atoms with Crippen molar-refractivity contribution >= 4 is 34.0 Å². The van der Waals surface area contributed by atoms with Crippen molar-refractivity contribution in [3.05, 3.63) is 125 Å². The Bertz CT molecular complexity index is 1960. The fourth-order valence-corrected chi connectivity index (χ4v) is 5.94. The molecule has 0 bridgehead atoms. The highest BCUT2D eigenvalue weighted by Gasteiger charge is 2.19. The highest BCUT2D eigenvalue weighted by molar-refractivity contribution is 6.32. The van der Waals surface area contributed by atoms with Gasteiger partial charge in [0.1, 0.15) is 30.3 Å².